The van der Waals surface area contributed by atoms with Crippen LogP contribution in [0, 0.1) is 6.92 Å². The fourth-order valence-corrected chi connectivity index (χ4v) is 3.27. The molecule has 0 unspecified atom stereocenters. The molecule has 2 aromatic carbocycles. The third kappa shape index (κ3) is 5.56. The topological polar surface area (TPSA) is 29.1 Å². The second kappa shape index (κ2) is 8.47. The maximum Gasteiger partial charge on any atom is 0.230 e. The molecule has 0 radical (unpaired) electrons. The molecule has 116 valence electrons. The summed E-state index contributed by atoms with van der Waals surface area (Å²) in [7, 11) is 0. The van der Waals surface area contributed by atoms with Gasteiger partial charge in [0.05, 0.1) is 5.75 Å². The van der Waals surface area contributed by atoms with Crippen LogP contribution in [0.3, 0.4) is 0 Å². The first kappa shape index (κ1) is 17.2. The van der Waals surface area contributed by atoms with E-state index in [1.54, 1.807) is 12.1 Å². The second-order valence-corrected chi connectivity index (χ2v) is 6.82. The fraction of sp³-hybridized carbons (Fsp3) is 0.235. The zero-order valence-electron chi connectivity index (χ0n) is 12.2. The van der Waals surface area contributed by atoms with Gasteiger partial charge in [-0.3, -0.25) is 4.79 Å². The molecule has 0 aliphatic carbocycles. The van der Waals surface area contributed by atoms with Gasteiger partial charge in [-0.2, -0.15) is 0 Å². The summed E-state index contributed by atoms with van der Waals surface area (Å²) in [4.78, 5) is 11.8. The number of hydrogen-bond donors (Lipinski definition) is 1. The van der Waals surface area contributed by atoms with E-state index in [9.17, 15) is 4.79 Å². The minimum atomic E-state index is 0.0238. The van der Waals surface area contributed by atoms with E-state index in [2.05, 4.69) is 5.32 Å². The number of aryl methyl sites for hydroxylation is 1. The first-order valence-electron chi connectivity index (χ1n) is 6.88. The summed E-state index contributed by atoms with van der Waals surface area (Å²) in [6, 6.07) is 13.5. The molecule has 0 aliphatic rings. The molecule has 0 aromatic heterocycles. The molecule has 0 saturated carbocycles. The molecule has 2 nitrogen and oxygen atoms in total. The molecule has 0 saturated heterocycles. The highest BCUT2D eigenvalue weighted by Gasteiger charge is 2.05. The summed E-state index contributed by atoms with van der Waals surface area (Å²) in [6.07, 6.45) is 0. The van der Waals surface area contributed by atoms with Crippen molar-refractivity contribution in [1.29, 1.82) is 0 Å². The van der Waals surface area contributed by atoms with E-state index in [4.69, 9.17) is 23.2 Å². The van der Waals surface area contributed by atoms with Crippen molar-refractivity contribution in [2.45, 2.75) is 19.2 Å². The van der Waals surface area contributed by atoms with Gasteiger partial charge in [-0.05, 0) is 30.2 Å². The minimum absolute atomic E-state index is 0.0238. The normalized spacial score (nSPS) is 10.5. The van der Waals surface area contributed by atoms with E-state index in [-0.39, 0.29) is 5.91 Å². The van der Waals surface area contributed by atoms with E-state index in [1.165, 1.54) is 17.3 Å². The standard InChI is InChI=1S/C17H17Cl2NOS/c1-12-2-4-13(5-3-12)9-20-17(21)11-22-10-14-6-7-15(18)8-16(14)19/h2-8H,9-11H2,1H3,(H,20,21). The van der Waals surface area contributed by atoms with Crippen molar-refractivity contribution < 1.29 is 4.79 Å². The van der Waals surface area contributed by atoms with E-state index >= 15 is 0 Å². The molecular weight excluding hydrogens is 337 g/mol. The number of halogens is 2. The summed E-state index contributed by atoms with van der Waals surface area (Å²) in [5.74, 6) is 1.12. The Labute approximate surface area is 145 Å². The van der Waals surface area contributed by atoms with Gasteiger partial charge in [-0.1, -0.05) is 59.1 Å². The molecule has 2 rings (SSSR count). The lowest BCUT2D eigenvalue weighted by molar-refractivity contribution is -0.118. The lowest BCUT2D eigenvalue weighted by atomic mass is 10.1. The number of thioether (sulfide) groups is 1. The minimum Gasteiger partial charge on any atom is -0.351 e. The summed E-state index contributed by atoms with van der Waals surface area (Å²) in [5.41, 5.74) is 3.30. The van der Waals surface area contributed by atoms with Crippen LogP contribution in [-0.2, 0) is 17.1 Å². The van der Waals surface area contributed by atoms with Crippen molar-refractivity contribution in [3.05, 3.63) is 69.2 Å². The first-order valence-corrected chi connectivity index (χ1v) is 8.79. The number of nitrogens with one attached hydrogen (secondary N) is 1. The van der Waals surface area contributed by atoms with Gasteiger partial charge in [0.25, 0.3) is 0 Å². The van der Waals surface area contributed by atoms with Gasteiger partial charge in [0.2, 0.25) is 5.91 Å². The highest BCUT2D eigenvalue weighted by molar-refractivity contribution is 7.99. The van der Waals surface area contributed by atoms with Gasteiger partial charge in [0, 0.05) is 22.3 Å². The Kier molecular flexibility index (Phi) is 6.62. The van der Waals surface area contributed by atoms with Crippen LogP contribution in [0.15, 0.2) is 42.5 Å². The molecule has 2 aromatic rings. The molecule has 0 heterocycles. The van der Waals surface area contributed by atoms with Crippen molar-refractivity contribution in [2.24, 2.45) is 0 Å². The van der Waals surface area contributed by atoms with E-state index in [0.29, 0.717) is 28.1 Å². The molecule has 22 heavy (non-hydrogen) atoms. The maximum atomic E-state index is 11.8. The number of hydrogen-bond acceptors (Lipinski definition) is 2. The first-order chi connectivity index (χ1) is 10.5. The summed E-state index contributed by atoms with van der Waals surface area (Å²) < 4.78 is 0. The number of amides is 1. The van der Waals surface area contributed by atoms with Crippen LogP contribution in [0.2, 0.25) is 10.0 Å². The summed E-state index contributed by atoms with van der Waals surface area (Å²) in [6.45, 7) is 2.60. The summed E-state index contributed by atoms with van der Waals surface area (Å²) in [5, 5.41) is 4.17. The van der Waals surface area contributed by atoms with Crippen molar-refractivity contribution in [3.8, 4) is 0 Å². The Bertz CT molecular complexity index is 644. The van der Waals surface area contributed by atoms with Gasteiger partial charge in [0.1, 0.15) is 0 Å². The van der Waals surface area contributed by atoms with Crippen LogP contribution >= 0.6 is 35.0 Å². The quantitative estimate of drug-likeness (QED) is 0.803. The Morgan fingerprint density at radius 3 is 2.55 bits per heavy atom. The number of carbonyl (C=O) groups excluding carboxylic acids is 1. The van der Waals surface area contributed by atoms with Crippen LogP contribution < -0.4 is 5.32 Å². The van der Waals surface area contributed by atoms with Crippen molar-refractivity contribution in [1.82, 2.24) is 5.32 Å². The summed E-state index contributed by atoms with van der Waals surface area (Å²) >= 11 is 13.5. The molecule has 5 heteroatoms. The van der Waals surface area contributed by atoms with Gasteiger partial charge >= 0.3 is 0 Å². The van der Waals surface area contributed by atoms with E-state index < -0.39 is 0 Å². The molecule has 1 amide bonds. The fourth-order valence-electron chi connectivity index (χ4n) is 1.85. The molecule has 0 aliphatic heterocycles. The zero-order chi connectivity index (χ0) is 15.9. The maximum absolute atomic E-state index is 11.8. The Hall–Kier alpha value is -1.16. The molecule has 0 bridgehead atoms. The van der Waals surface area contributed by atoms with Gasteiger partial charge in [-0.15, -0.1) is 11.8 Å². The van der Waals surface area contributed by atoms with Gasteiger partial charge in [0.15, 0.2) is 0 Å². The van der Waals surface area contributed by atoms with Crippen LogP contribution in [-0.4, -0.2) is 11.7 Å². The zero-order valence-corrected chi connectivity index (χ0v) is 14.6. The average molecular weight is 354 g/mol. The second-order valence-electron chi connectivity index (χ2n) is 4.99. The Morgan fingerprint density at radius 1 is 1.14 bits per heavy atom. The van der Waals surface area contributed by atoms with Crippen molar-refractivity contribution in [3.63, 3.8) is 0 Å². The van der Waals surface area contributed by atoms with Crippen molar-refractivity contribution >= 4 is 40.9 Å². The molecular formula is C17H17Cl2NOS. The van der Waals surface area contributed by atoms with Crippen LogP contribution in [0.1, 0.15) is 16.7 Å². The molecule has 0 spiro atoms. The Balaban J connectivity index is 1.72. The molecule has 0 fully saturated rings. The van der Waals surface area contributed by atoms with Gasteiger partial charge in [-0.25, -0.2) is 0 Å². The third-order valence-electron chi connectivity index (χ3n) is 3.12. The predicted molar refractivity (Wildman–Crippen MR) is 95.6 cm³/mol. The highest BCUT2D eigenvalue weighted by atomic mass is 35.5. The Morgan fingerprint density at radius 2 is 1.86 bits per heavy atom. The highest BCUT2D eigenvalue weighted by Crippen LogP contribution is 2.24. The van der Waals surface area contributed by atoms with E-state index in [1.807, 2.05) is 37.3 Å². The SMILES string of the molecule is Cc1ccc(CNC(=O)CSCc2ccc(Cl)cc2Cl)cc1. The van der Waals surface area contributed by atoms with Crippen LogP contribution in [0.4, 0.5) is 0 Å². The number of rotatable bonds is 6. The average Bonchev–Trinajstić information content (AvgIpc) is 2.49. The molecule has 0 atom stereocenters. The lowest BCUT2D eigenvalue weighted by Crippen LogP contribution is -2.24. The van der Waals surface area contributed by atoms with Crippen LogP contribution in [0.5, 0.6) is 0 Å². The largest absolute Gasteiger partial charge is 0.351 e. The smallest absolute Gasteiger partial charge is 0.230 e. The van der Waals surface area contributed by atoms with Crippen LogP contribution in [0.25, 0.3) is 0 Å². The predicted octanol–water partition coefficient (Wildman–Crippen LogP) is 4.85. The monoisotopic (exact) mass is 353 g/mol. The number of carbonyl (C=O) groups is 1. The molecule has 1 N–H and O–H groups in total. The van der Waals surface area contributed by atoms with Gasteiger partial charge < -0.3 is 5.32 Å². The number of benzene rings is 2. The third-order valence-corrected chi connectivity index (χ3v) is 4.68. The van der Waals surface area contributed by atoms with E-state index in [0.717, 1.165) is 11.1 Å². The van der Waals surface area contributed by atoms with Crippen molar-refractivity contribution in [2.75, 3.05) is 5.75 Å². The lowest BCUT2D eigenvalue weighted by Gasteiger charge is -2.07.